The minimum atomic E-state index is 0.0317. The summed E-state index contributed by atoms with van der Waals surface area (Å²) in [5.41, 5.74) is 0. The first kappa shape index (κ1) is 12.0. The zero-order valence-electron chi connectivity index (χ0n) is 8.47. The molecule has 0 aliphatic rings. The van der Waals surface area contributed by atoms with Gasteiger partial charge < -0.3 is 5.32 Å². The van der Waals surface area contributed by atoms with E-state index in [1.165, 1.54) is 6.92 Å². The molecule has 0 aromatic heterocycles. The summed E-state index contributed by atoms with van der Waals surface area (Å²) in [6.07, 6.45) is 3.69. The number of nitrogens with one attached hydrogen (secondary N) is 1. The van der Waals surface area contributed by atoms with Crippen molar-refractivity contribution in [1.29, 1.82) is 5.26 Å². The predicted molar refractivity (Wildman–Crippen MR) is 51.9 cm³/mol. The van der Waals surface area contributed by atoms with E-state index in [1.54, 1.807) is 0 Å². The molecule has 0 rings (SSSR count). The molecule has 0 saturated heterocycles. The van der Waals surface area contributed by atoms with Crippen LogP contribution in [0.25, 0.3) is 0 Å². The van der Waals surface area contributed by atoms with Crippen molar-refractivity contribution in [2.75, 3.05) is 6.54 Å². The lowest BCUT2D eigenvalue weighted by molar-refractivity contribution is -0.118. The maximum atomic E-state index is 10.5. The average Bonchev–Trinajstić information content (AvgIpc) is 2.04. The van der Waals surface area contributed by atoms with E-state index in [4.69, 9.17) is 5.26 Å². The van der Waals surface area contributed by atoms with Crippen LogP contribution in [0.2, 0.25) is 0 Å². The summed E-state index contributed by atoms with van der Waals surface area (Å²) in [6, 6.07) is 2.13. The fourth-order valence-electron chi connectivity index (χ4n) is 1.17. The van der Waals surface area contributed by atoms with Gasteiger partial charge in [0.25, 0.3) is 0 Å². The highest BCUT2D eigenvalue weighted by molar-refractivity contribution is 5.72. The summed E-state index contributed by atoms with van der Waals surface area (Å²) in [5, 5.41) is 11.1. The van der Waals surface area contributed by atoms with E-state index >= 15 is 0 Å². The second kappa shape index (κ2) is 7.60. The van der Waals surface area contributed by atoms with Crippen LogP contribution >= 0.6 is 0 Å². The van der Waals surface area contributed by atoms with Gasteiger partial charge in [-0.15, -0.1) is 0 Å². The molecule has 13 heavy (non-hydrogen) atoms. The summed E-state index contributed by atoms with van der Waals surface area (Å²) >= 11 is 0. The maximum absolute atomic E-state index is 10.5. The fraction of sp³-hybridized carbons (Fsp3) is 0.800. The van der Waals surface area contributed by atoms with Crippen LogP contribution in [0.4, 0.5) is 0 Å². The van der Waals surface area contributed by atoms with Gasteiger partial charge in [0.15, 0.2) is 0 Å². The van der Waals surface area contributed by atoms with Gasteiger partial charge in [-0.25, -0.2) is 0 Å². The monoisotopic (exact) mass is 182 g/mol. The van der Waals surface area contributed by atoms with Gasteiger partial charge in [-0.3, -0.25) is 4.79 Å². The summed E-state index contributed by atoms with van der Waals surface area (Å²) in [5.74, 6) is 0.629. The molecule has 0 spiro atoms. The highest BCUT2D eigenvalue weighted by Crippen LogP contribution is 2.10. The number of nitrogens with zero attached hydrogens (tertiary/aromatic N) is 1. The molecular formula is C10H18N2O. The van der Waals surface area contributed by atoms with Gasteiger partial charge in [0, 0.05) is 19.9 Å². The molecule has 0 aromatic carbocycles. The normalized spacial score (nSPS) is 11.8. The first-order valence-corrected chi connectivity index (χ1v) is 4.78. The fourth-order valence-corrected chi connectivity index (χ4v) is 1.17. The van der Waals surface area contributed by atoms with Crippen molar-refractivity contribution in [3.8, 4) is 6.07 Å². The molecule has 3 nitrogen and oxygen atoms in total. The van der Waals surface area contributed by atoms with Gasteiger partial charge >= 0.3 is 0 Å². The van der Waals surface area contributed by atoms with Gasteiger partial charge in [-0.05, 0) is 25.2 Å². The molecule has 0 aliphatic carbocycles. The number of unbranched alkanes of at least 4 members (excludes halogenated alkanes) is 1. The molecule has 0 heterocycles. The molecular weight excluding hydrogens is 164 g/mol. The Morgan fingerprint density at radius 3 is 2.77 bits per heavy atom. The van der Waals surface area contributed by atoms with Crippen molar-refractivity contribution in [3.05, 3.63) is 0 Å². The molecule has 0 aliphatic heterocycles. The molecule has 0 bridgehead atoms. The van der Waals surface area contributed by atoms with Gasteiger partial charge in [0.1, 0.15) is 0 Å². The molecule has 0 radical (unpaired) electrons. The summed E-state index contributed by atoms with van der Waals surface area (Å²) in [4.78, 5) is 10.5. The lowest BCUT2D eigenvalue weighted by atomic mass is 10.0. The lowest BCUT2D eigenvalue weighted by Crippen LogP contribution is -2.22. The first-order valence-electron chi connectivity index (χ1n) is 4.78. The highest BCUT2D eigenvalue weighted by Gasteiger charge is 2.01. The molecule has 1 atom stereocenters. The molecule has 74 valence electrons. The second-order valence-electron chi connectivity index (χ2n) is 3.43. The van der Waals surface area contributed by atoms with Crippen LogP contribution in [0.3, 0.4) is 0 Å². The third-order valence-electron chi connectivity index (χ3n) is 2.00. The van der Waals surface area contributed by atoms with Gasteiger partial charge in [-0.1, -0.05) is 6.92 Å². The Labute approximate surface area is 80.1 Å². The molecule has 1 N–H and O–H groups in total. The van der Waals surface area contributed by atoms with Crippen LogP contribution in [0.5, 0.6) is 0 Å². The largest absolute Gasteiger partial charge is 0.356 e. The van der Waals surface area contributed by atoms with Crippen LogP contribution in [-0.2, 0) is 4.79 Å². The van der Waals surface area contributed by atoms with Gasteiger partial charge in [0.05, 0.1) is 6.07 Å². The average molecular weight is 182 g/mol. The Hall–Kier alpha value is -1.04. The van der Waals surface area contributed by atoms with E-state index in [-0.39, 0.29) is 5.91 Å². The number of hydrogen-bond acceptors (Lipinski definition) is 2. The van der Waals surface area contributed by atoms with Crippen LogP contribution in [0, 0.1) is 17.2 Å². The van der Waals surface area contributed by atoms with Crippen molar-refractivity contribution >= 4 is 5.91 Å². The number of amides is 1. The quantitative estimate of drug-likeness (QED) is 0.637. The highest BCUT2D eigenvalue weighted by atomic mass is 16.1. The SMILES string of the molecule is CC(=O)NCC[C@H](C)CCCC#N. The third kappa shape index (κ3) is 8.87. The van der Waals surface area contributed by atoms with E-state index in [1.807, 2.05) is 0 Å². The number of nitriles is 1. The Kier molecular flexibility index (Phi) is 6.99. The Bertz CT molecular complexity index is 184. The van der Waals surface area contributed by atoms with Crippen molar-refractivity contribution in [3.63, 3.8) is 0 Å². The molecule has 0 unspecified atom stereocenters. The molecule has 0 fully saturated rings. The van der Waals surface area contributed by atoms with E-state index < -0.39 is 0 Å². The van der Waals surface area contributed by atoms with Gasteiger partial charge in [-0.2, -0.15) is 5.26 Å². The molecule has 0 aromatic rings. The number of carbonyl (C=O) groups is 1. The van der Waals surface area contributed by atoms with Crippen LogP contribution in [0.1, 0.15) is 39.5 Å². The van der Waals surface area contributed by atoms with Crippen LogP contribution < -0.4 is 5.32 Å². The predicted octanol–water partition coefficient (Wildman–Crippen LogP) is 1.84. The minimum absolute atomic E-state index is 0.0317. The molecule has 0 saturated carbocycles. The second-order valence-corrected chi connectivity index (χ2v) is 3.43. The smallest absolute Gasteiger partial charge is 0.216 e. The lowest BCUT2D eigenvalue weighted by Gasteiger charge is -2.09. The van der Waals surface area contributed by atoms with E-state index in [2.05, 4.69) is 18.3 Å². The summed E-state index contributed by atoms with van der Waals surface area (Å²) < 4.78 is 0. The van der Waals surface area contributed by atoms with Gasteiger partial charge in [0.2, 0.25) is 5.91 Å². The number of rotatable bonds is 6. The summed E-state index contributed by atoms with van der Waals surface area (Å²) in [7, 11) is 0. The van der Waals surface area contributed by atoms with Crippen LogP contribution in [0.15, 0.2) is 0 Å². The van der Waals surface area contributed by atoms with Crippen molar-refractivity contribution in [2.24, 2.45) is 5.92 Å². The Morgan fingerprint density at radius 2 is 2.23 bits per heavy atom. The standard InChI is InChI=1S/C10H18N2O/c1-9(5-3-4-7-11)6-8-12-10(2)13/h9H,3-6,8H2,1-2H3,(H,12,13)/t9-/m1/s1. The Balaban J connectivity index is 3.25. The maximum Gasteiger partial charge on any atom is 0.216 e. The van der Waals surface area contributed by atoms with Crippen molar-refractivity contribution in [2.45, 2.75) is 39.5 Å². The molecule has 1 amide bonds. The van der Waals surface area contributed by atoms with E-state index in [0.717, 1.165) is 25.8 Å². The number of hydrogen-bond donors (Lipinski definition) is 1. The zero-order valence-corrected chi connectivity index (χ0v) is 8.47. The zero-order chi connectivity index (χ0) is 10.1. The first-order chi connectivity index (χ1) is 6.16. The molecule has 3 heteroatoms. The van der Waals surface area contributed by atoms with Crippen molar-refractivity contribution in [1.82, 2.24) is 5.32 Å². The minimum Gasteiger partial charge on any atom is -0.356 e. The Morgan fingerprint density at radius 1 is 1.54 bits per heavy atom. The van der Waals surface area contributed by atoms with E-state index in [9.17, 15) is 4.79 Å². The topological polar surface area (TPSA) is 52.9 Å². The third-order valence-corrected chi connectivity index (χ3v) is 2.00. The number of carbonyl (C=O) groups excluding carboxylic acids is 1. The summed E-state index contributed by atoms with van der Waals surface area (Å²) in [6.45, 7) is 4.43. The van der Waals surface area contributed by atoms with Crippen LogP contribution in [-0.4, -0.2) is 12.5 Å². The van der Waals surface area contributed by atoms with Crippen molar-refractivity contribution < 1.29 is 4.79 Å². The van der Waals surface area contributed by atoms with E-state index in [0.29, 0.717) is 12.3 Å².